The van der Waals surface area contributed by atoms with E-state index in [1.165, 1.54) is 13.2 Å². The van der Waals surface area contributed by atoms with Gasteiger partial charge >= 0.3 is 6.61 Å². The van der Waals surface area contributed by atoms with Gasteiger partial charge in [-0.15, -0.1) is 10.2 Å². The first-order chi connectivity index (χ1) is 10.1. The first-order valence-corrected chi connectivity index (χ1v) is 6.18. The number of aromatic nitrogens is 4. The van der Waals surface area contributed by atoms with E-state index in [9.17, 15) is 8.78 Å². The summed E-state index contributed by atoms with van der Waals surface area (Å²) in [6.07, 6.45) is 0. The predicted molar refractivity (Wildman–Crippen MR) is 69.1 cm³/mol. The van der Waals surface area contributed by atoms with Crippen LogP contribution in [0.3, 0.4) is 0 Å². The number of H-pyrrole nitrogens is 1. The fourth-order valence-corrected chi connectivity index (χ4v) is 1.73. The second-order valence-electron chi connectivity index (χ2n) is 4.24. The first kappa shape index (κ1) is 15.1. The minimum atomic E-state index is -2.90. The number of alkyl halides is 2. The lowest BCUT2D eigenvalue weighted by molar-refractivity contribution is -0.0512. The molecule has 0 saturated heterocycles. The molecule has 0 aliphatic carbocycles. The lowest BCUT2D eigenvalue weighted by Gasteiger charge is -2.13. The largest absolute Gasteiger partial charge is 0.493 e. The number of tetrazole rings is 1. The number of nitrogens with zero attached hydrogens (tertiary/aromatic N) is 3. The highest BCUT2D eigenvalue weighted by atomic mass is 19.3. The minimum absolute atomic E-state index is 0.000913. The van der Waals surface area contributed by atoms with E-state index in [0.29, 0.717) is 12.4 Å². The van der Waals surface area contributed by atoms with Gasteiger partial charge in [-0.3, -0.25) is 0 Å². The molecule has 0 amide bonds. The predicted octanol–water partition coefficient (Wildman–Crippen LogP) is 1.66. The second kappa shape index (κ2) is 6.93. The molecule has 0 saturated carbocycles. The summed E-state index contributed by atoms with van der Waals surface area (Å²) >= 11 is 0. The number of benzene rings is 1. The first-order valence-electron chi connectivity index (χ1n) is 6.18. The zero-order valence-electron chi connectivity index (χ0n) is 11.5. The van der Waals surface area contributed by atoms with Crippen LogP contribution < -0.4 is 14.8 Å². The van der Waals surface area contributed by atoms with E-state index in [2.05, 4.69) is 30.7 Å². The molecule has 2 rings (SSSR count). The van der Waals surface area contributed by atoms with Gasteiger partial charge in [0.2, 0.25) is 0 Å². The summed E-state index contributed by atoms with van der Waals surface area (Å²) in [6, 6.07) is 4.70. The topological polar surface area (TPSA) is 85.0 Å². The van der Waals surface area contributed by atoms with Crippen molar-refractivity contribution in [3.05, 3.63) is 29.6 Å². The van der Waals surface area contributed by atoms with Gasteiger partial charge in [0.25, 0.3) is 0 Å². The normalized spacial score (nSPS) is 12.4. The zero-order valence-corrected chi connectivity index (χ0v) is 11.5. The third-order valence-electron chi connectivity index (χ3n) is 2.81. The van der Waals surface area contributed by atoms with Crippen LogP contribution in [0.4, 0.5) is 8.78 Å². The molecule has 1 aromatic heterocycles. The highest BCUT2D eigenvalue weighted by molar-refractivity contribution is 5.43. The van der Waals surface area contributed by atoms with Gasteiger partial charge in [-0.25, -0.2) is 0 Å². The van der Waals surface area contributed by atoms with Gasteiger partial charge in [-0.2, -0.15) is 14.0 Å². The maximum Gasteiger partial charge on any atom is 0.387 e. The van der Waals surface area contributed by atoms with Crippen LogP contribution in [-0.2, 0) is 6.54 Å². The molecule has 21 heavy (non-hydrogen) atoms. The molecular weight excluding hydrogens is 284 g/mol. The highest BCUT2D eigenvalue weighted by Gasteiger charge is 2.13. The molecule has 2 N–H and O–H groups in total. The van der Waals surface area contributed by atoms with E-state index in [0.717, 1.165) is 5.56 Å². The standard InChI is InChI=1S/C12H15F2N5O2/c1-7(11-16-18-19-17-11)15-6-8-3-4-9(20-2)10(5-8)21-12(13)14/h3-5,7,12,15H,6H2,1-2H3,(H,16,17,18,19). The maximum atomic E-state index is 12.3. The van der Waals surface area contributed by atoms with Crippen molar-refractivity contribution in [1.29, 1.82) is 0 Å². The SMILES string of the molecule is COc1ccc(CNC(C)c2nn[nH]n2)cc1OC(F)F. The number of aromatic amines is 1. The third-order valence-corrected chi connectivity index (χ3v) is 2.81. The van der Waals surface area contributed by atoms with Crippen molar-refractivity contribution in [2.45, 2.75) is 26.1 Å². The quantitative estimate of drug-likeness (QED) is 0.809. The van der Waals surface area contributed by atoms with Crippen LogP contribution in [0.5, 0.6) is 11.5 Å². The average Bonchev–Trinajstić information content (AvgIpc) is 2.98. The van der Waals surface area contributed by atoms with Crippen LogP contribution in [0.2, 0.25) is 0 Å². The van der Waals surface area contributed by atoms with Crippen molar-refractivity contribution >= 4 is 0 Å². The molecule has 0 bridgehead atoms. The summed E-state index contributed by atoms with van der Waals surface area (Å²) in [6.45, 7) is -0.607. The number of hydrogen-bond donors (Lipinski definition) is 2. The Balaban J connectivity index is 2.03. The Morgan fingerprint density at radius 2 is 2.14 bits per heavy atom. The van der Waals surface area contributed by atoms with Crippen LogP contribution in [0.1, 0.15) is 24.4 Å². The summed E-state index contributed by atoms with van der Waals surface area (Å²) in [5.41, 5.74) is 0.766. The Hall–Kier alpha value is -2.29. The van der Waals surface area contributed by atoms with Gasteiger partial charge in [0.15, 0.2) is 17.3 Å². The zero-order chi connectivity index (χ0) is 15.2. The third kappa shape index (κ3) is 4.09. The summed E-state index contributed by atoms with van der Waals surface area (Å²) < 4.78 is 34.1. The van der Waals surface area contributed by atoms with E-state index in [1.54, 1.807) is 12.1 Å². The summed E-state index contributed by atoms with van der Waals surface area (Å²) in [5.74, 6) is 0.775. The molecule has 0 aliphatic rings. The molecule has 1 heterocycles. The lowest BCUT2D eigenvalue weighted by atomic mass is 10.2. The van der Waals surface area contributed by atoms with Gasteiger partial charge in [0.1, 0.15) is 0 Å². The van der Waals surface area contributed by atoms with Crippen LogP contribution in [-0.4, -0.2) is 34.3 Å². The van der Waals surface area contributed by atoms with Gasteiger partial charge in [-0.1, -0.05) is 11.3 Å². The molecule has 0 aliphatic heterocycles. The van der Waals surface area contributed by atoms with E-state index >= 15 is 0 Å². The number of halogens is 2. The molecular formula is C12H15F2N5O2. The summed E-state index contributed by atoms with van der Waals surface area (Å²) in [4.78, 5) is 0. The lowest BCUT2D eigenvalue weighted by Crippen LogP contribution is -2.19. The Kier molecular flexibility index (Phi) is 4.99. The van der Waals surface area contributed by atoms with Crippen LogP contribution >= 0.6 is 0 Å². The molecule has 1 atom stereocenters. The van der Waals surface area contributed by atoms with Crippen molar-refractivity contribution in [2.24, 2.45) is 0 Å². The summed E-state index contributed by atoms with van der Waals surface area (Å²) in [5, 5.41) is 16.7. The number of hydrogen-bond acceptors (Lipinski definition) is 6. The van der Waals surface area contributed by atoms with E-state index in [1.807, 2.05) is 6.92 Å². The number of ether oxygens (including phenoxy) is 2. The van der Waals surface area contributed by atoms with Crippen molar-refractivity contribution in [1.82, 2.24) is 25.9 Å². The van der Waals surface area contributed by atoms with Crippen LogP contribution in [0.15, 0.2) is 18.2 Å². The van der Waals surface area contributed by atoms with Gasteiger partial charge in [0, 0.05) is 6.54 Å². The smallest absolute Gasteiger partial charge is 0.387 e. The summed E-state index contributed by atoms with van der Waals surface area (Å²) in [7, 11) is 1.39. The molecule has 2 aromatic rings. The number of nitrogens with one attached hydrogen (secondary N) is 2. The Labute approximate surface area is 119 Å². The Morgan fingerprint density at radius 3 is 2.76 bits per heavy atom. The molecule has 7 nitrogen and oxygen atoms in total. The van der Waals surface area contributed by atoms with E-state index in [-0.39, 0.29) is 17.5 Å². The minimum Gasteiger partial charge on any atom is -0.493 e. The monoisotopic (exact) mass is 299 g/mol. The molecule has 114 valence electrons. The van der Waals surface area contributed by atoms with Crippen molar-refractivity contribution in [3.8, 4) is 11.5 Å². The molecule has 0 radical (unpaired) electrons. The maximum absolute atomic E-state index is 12.3. The van der Waals surface area contributed by atoms with Crippen LogP contribution in [0.25, 0.3) is 0 Å². The molecule has 0 spiro atoms. The van der Waals surface area contributed by atoms with Crippen molar-refractivity contribution < 1.29 is 18.3 Å². The Morgan fingerprint density at radius 1 is 1.33 bits per heavy atom. The average molecular weight is 299 g/mol. The fraction of sp³-hybridized carbons (Fsp3) is 0.417. The molecule has 1 unspecified atom stereocenters. The van der Waals surface area contributed by atoms with Crippen molar-refractivity contribution in [2.75, 3.05) is 7.11 Å². The van der Waals surface area contributed by atoms with Crippen molar-refractivity contribution in [3.63, 3.8) is 0 Å². The number of methoxy groups -OCH3 is 1. The van der Waals surface area contributed by atoms with Gasteiger partial charge in [-0.05, 0) is 24.6 Å². The fourth-order valence-electron chi connectivity index (χ4n) is 1.73. The van der Waals surface area contributed by atoms with Gasteiger partial charge in [0.05, 0.1) is 13.2 Å². The molecule has 1 aromatic carbocycles. The molecule has 0 fully saturated rings. The van der Waals surface area contributed by atoms with E-state index < -0.39 is 6.61 Å². The van der Waals surface area contributed by atoms with Gasteiger partial charge < -0.3 is 14.8 Å². The second-order valence-corrected chi connectivity index (χ2v) is 4.24. The highest BCUT2D eigenvalue weighted by Crippen LogP contribution is 2.29. The van der Waals surface area contributed by atoms with Crippen LogP contribution in [0, 0.1) is 0 Å². The number of rotatable bonds is 7. The Bertz CT molecular complexity index is 565. The molecule has 9 heteroatoms. The van der Waals surface area contributed by atoms with E-state index in [4.69, 9.17) is 4.74 Å².